The molecule has 0 aliphatic carbocycles. The van der Waals surface area contributed by atoms with Gasteiger partial charge >= 0.3 is 5.97 Å². The Kier molecular flexibility index (Phi) is 8.48. The average Bonchev–Trinajstić information content (AvgIpc) is 2.90. The maximum Gasteiger partial charge on any atom is 0.341 e. The van der Waals surface area contributed by atoms with Crippen LogP contribution >= 0.6 is 0 Å². The van der Waals surface area contributed by atoms with Gasteiger partial charge in [-0.1, -0.05) is 25.5 Å². The molecule has 190 valence electrons. The average molecular weight is 494 g/mol. The Balaban J connectivity index is 1.80. The maximum atomic E-state index is 13.5. The summed E-state index contributed by atoms with van der Waals surface area (Å²) in [5.41, 5.74) is 2.74. The third-order valence-electron chi connectivity index (χ3n) is 6.37. The number of pyridine rings is 1. The van der Waals surface area contributed by atoms with Crippen LogP contribution in [0.4, 0.5) is 4.39 Å². The number of piperidine rings is 1. The van der Waals surface area contributed by atoms with Crippen molar-refractivity contribution in [2.24, 2.45) is 0 Å². The Labute approximate surface area is 210 Å². The standard InChI is InChI=1S/C28H32FN3O4/c1-3-4-13-36-26-24(28(34)35-2)16-23(27(33)32-21-9-11-30-12-10-21)22-15-19(17-31-25(22)26)14-18-5-7-20(29)8-6-18/h5-8,15-17,21,30H,3-4,9-14H2,1-2H3,(H,32,33). The zero-order chi connectivity index (χ0) is 25.5. The molecule has 4 rings (SSSR count). The molecule has 2 N–H and O–H groups in total. The first-order chi connectivity index (χ1) is 17.5. The predicted molar refractivity (Wildman–Crippen MR) is 136 cm³/mol. The molecular formula is C28H32FN3O4. The van der Waals surface area contributed by atoms with E-state index in [2.05, 4.69) is 22.5 Å². The van der Waals surface area contributed by atoms with Gasteiger partial charge in [0.25, 0.3) is 5.91 Å². The summed E-state index contributed by atoms with van der Waals surface area (Å²) in [5, 5.41) is 7.01. The van der Waals surface area contributed by atoms with Crippen LogP contribution in [-0.4, -0.2) is 49.7 Å². The Morgan fingerprint density at radius 3 is 2.56 bits per heavy atom. The van der Waals surface area contributed by atoms with Crippen molar-refractivity contribution in [3.05, 3.63) is 70.7 Å². The Hall–Kier alpha value is -3.52. The number of fused-ring (bicyclic) bond motifs is 1. The molecule has 36 heavy (non-hydrogen) atoms. The van der Waals surface area contributed by atoms with Crippen molar-refractivity contribution in [1.82, 2.24) is 15.6 Å². The summed E-state index contributed by atoms with van der Waals surface area (Å²) in [7, 11) is 1.30. The van der Waals surface area contributed by atoms with Crippen LogP contribution in [-0.2, 0) is 11.2 Å². The van der Waals surface area contributed by atoms with Crippen LogP contribution < -0.4 is 15.4 Å². The fourth-order valence-electron chi connectivity index (χ4n) is 4.39. The lowest BCUT2D eigenvalue weighted by atomic mass is 9.98. The van der Waals surface area contributed by atoms with Crippen LogP contribution in [0.1, 0.15) is 64.4 Å². The molecule has 0 atom stereocenters. The van der Waals surface area contributed by atoms with E-state index < -0.39 is 5.97 Å². The van der Waals surface area contributed by atoms with E-state index >= 15 is 0 Å². The van der Waals surface area contributed by atoms with E-state index in [0.717, 1.165) is 49.9 Å². The number of amides is 1. The van der Waals surface area contributed by atoms with E-state index in [1.165, 1.54) is 19.2 Å². The summed E-state index contributed by atoms with van der Waals surface area (Å²) < 4.78 is 24.4. The summed E-state index contributed by atoms with van der Waals surface area (Å²) in [6, 6.07) is 9.79. The third kappa shape index (κ3) is 5.99. The molecule has 1 aromatic heterocycles. The lowest BCUT2D eigenvalue weighted by Crippen LogP contribution is -2.42. The number of hydrogen-bond acceptors (Lipinski definition) is 6. The smallest absolute Gasteiger partial charge is 0.341 e. The van der Waals surface area contributed by atoms with Gasteiger partial charge in [0.1, 0.15) is 16.9 Å². The van der Waals surface area contributed by atoms with E-state index in [-0.39, 0.29) is 23.3 Å². The minimum absolute atomic E-state index is 0.0474. The minimum Gasteiger partial charge on any atom is -0.490 e. The van der Waals surface area contributed by atoms with Crippen LogP contribution in [0.5, 0.6) is 5.75 Å². The number of nitrogens with zero attached hydrogens (tertiary/aromatic N) is 1. The molecule has 0 spiro atoms. The van der Waals surface area contributed by atoms with Gasteiger partial charge in [-0.25, -0.2) is 9.18 Å². The molecule has 0 unspecified atom stereocenters. The number of carbonyl (C=O) groups is 2. The molecule has 0 saturated carbocycles. The fourth-order valence-corrected chi connectivity index (χ4v) is 4.39. The molecule has 1 amide bonds. The van der Waals surface area contributed by atoms with Gasteiger partial charge in [-0.3, -0.25) is 9.78 Å². The van der Waals surface area contributed by atoms with E-state index in [0.29, 0.717) is 35.2 Å². The van der Waals surface area contributed by atoms with Crippen LogP contribution in [0.3, 0.4) is 0 Å². The Morgan fingerprint density at radius 2 is 1.86 bits per heavy atom. The summed E-state index contributed by atoms with van der Waals surface area (Å²) >= 11 is 0. The topological polar surface area (TPSA) is 89.5 Å². The van der Waals surface area contributed by atoms with Crippen LogP contribution in [0.25, 0.3) is 10.9 Å². The predicted octanol–water partition coefficient (Wildman–Crippen LogP) is 4.41. The second-order valence-corrected chi connectivity index (χ2v) is 9.04. The number of ether oxygens (including phenoxy) is 2. The monoisotopic (exact) mass is 493 g/mol. The lowest BCUT2D eigenvalue weighted by molar-refractivity contribution is 0.0596. The second-order valence-electron chi connectivity index (χ2n) is 9.04. The van der Waals surface area contributed by atoms with Gasteiger partial charge in [-0.05, 0) is 74.2 Å². The number of hydrogen-bond donors (Lipinski definition) is 2. The van der Waals surface area contributed by atoms with Gasteiger partial charge in [0.2, 0.25) is 0 Å². The van der Waals surface area contributed by atoms with Crippen molar-refractivity contribution in [1.29, 1.82) is 0 Å². The normalized spacial score (nSPS) is 14.0. The number of nitrogens with one attached hydrogen (secondary N) is 2. The molecule has 3 aromatic rings. The van der Waals surface area contributed by atoms with E-state index in [4.69, 9.17) is 9.47 Å². The number of methoxy groups -OCH3 is 1. The number of carbonyl (C=O) groups excluding carboxylic acids is 2. The van der Waals surface area contributed by atoms with Crippen LogP contribution in [0, 0.1) is 5.82 Å². The zero-order valence-electron chi connectivity index (χ0n) is 20.7. The fraction of sp³-hybridized carbons (Fsp3) is 0.393. The molecule has 1 aliphatic heterocycles. The van der Waals surface area contributed by atoms with Gasteiger partial charge in [-0.2, -0.15) is 0 Å². The van der Waals surface area contributed by atoms with E-state index in [1.54, 1.807) is 24.4 Å². The first-order valence-electron chi connectivity index (χ1n) is 12.4. The summed E-state index contributed by atoms with van der Waals surface area (Å²) in [4.78, 5) is 30.8. The largest absolute Gasteiger partial charge is 0.490 e. The highest BCUT2D eigenvalue weighted by molar-refractivity contribution is 6.12. The summed E-state index contributed by atoms with van der Waals surface area (Å²) in [6.45, 7) is 4.14. The lowest BCUT2D eigenvalue weighted by Gasteiger charge is -2.24. The molecular weight excluding hydrogens is 461 g/mol. The van der Waals surface area contributed by atoms with Crippen molar-refractivity contribution in [3.63, 3.8) is 0 Å². The van der Waals surface area contributed by atoms with Crippen molar-refractivity contribution < 1.29 is 23.5 Å². The summed E-state index contributed by atoms with van der Waals surface area (Å²) in [6.07, 6.45) is 5.62. The molecule has 1 fully saturated rings. The first kappa shape index (κ1) is 25.6. The zero-order valence-corrected chi connectivity index (χ0v) is 20.7. The van der Waals surface area contributed by atoms with Crippen LogP contribution in [0.2, 0.25) is 0 Å². The quantitative estimate of drug-likeness (QED) is 0.339. The van der Waals surface area contributed by atoms with Gasteiger partial charge in [0.05, 0.1) is 13.7 Å². The molecule has 1 aliphatic rings. The number of esters is 1. The molecule has 2 heterocycles. The highest BCUT2D eigenvalue weighted by Gasteiger charge is 2.25. The molecule has 7 nitrogen and oxygen atoms in total. The first-order valence-corrected chi connectivity index (χ1v) is 12.4. The molecule has 2 aromatic carbocycles. The molecule has 8 heteroatoms. The van der Waals surface area contributed by atoms with Crippen LogP contribution in [0.15, 0.2) is 42.6 Å². The number of aromatic nitrogens is 1. The second kappa shape index (κ2) is 11.9. The number of rotatable bonds is 9. The van der Waals surface area contributed by atoms with Gasteiger partial charge < -0.3 is 20.1 Å². The number of benzene rings is 2. The van der Waals surface area contributed by atoms with Crippen molar-refractivity contribution in [3.8, 4) is 5.75 Å². The van der Waals surface area contributed by atoms with E-state index in [1.807, 2.05) is 6.07 Å². The van der Waals surface area contributed by atoms with Gasteiger partial charge in [-0.15, -0.1) is 0 Å². The SMILES string of the molecule is CCCCOc1c(C(=O)OC)cc(C(=O)NC2CCNCC2)c2cc(Cc3ccc(F)cc3)cnc12. The maximum absolute atomic E-state index is 13.5. The molecule has 1 saturated heterocycles. The van der Waals surface area contributed by atoms with Gasteiger partial charge in [0, 0.05) is 23.2 Å². The highest BCUT2D eigenvalue weighted by atomic mass is 19.1. The number of halogens is 1. The Bertz CT molecular complexity index is 1220. The van der Waals surface area contributed by atoms with E-state index in [9.17, 15) is 14.0 Å². The summed E-state index contributed by atoms with van der Waals surface area (Å²) in [5.74, 6) is -0.831. The Morgan fingerprint density at radius 1 is 1.11 bits per heavy atom. The highest BCUT2D eigenvalue weighted by Crippen LogP contribution is 2.33. The molecule has 0 bridgehead atoms. The number of unbranched alkanes of at least 4 members (excludes halogenated alkanes) is 1. The minimum atomic E-state index is -0.587. The molecule has 0 radical (unpaired) electrons. The van der Waals surface area contributed by atoms with Crippen molar-refractivity contribution in [2.45, 2.75) is 45.1 Å². The van der Waals surface area contributed by atoms with Gasteiger partial charge in [0.15, 0.2) is 5.75 Å². The third-order valence-corrected chi connectivity index (χ3v) is 6.37. The van der Waals surface area contributed by atoms with Crippen molar-refractivity contribution >= 4 is 22.8 Å². The van der Waals surface area contributed by atoms with Crippen molar-refractivity contribution in [2.75, 3.05) is 26.8 Å².